The maximum absolute atomic E-state index is 6.94. The summed E-state index contributed by atoms with van der Waals surface area (Å²) < 4.78 is 9.27. The molecule has 292 valence electrons. The van der Waals surface area contributed by atoms with Crippen molar-refractivity contribution in [2.75, 3.05) is 16.5 Å². The molecule has 0 fully saturated rings. The lowest BCUT2D eigenvalue weighted by Gasteiger charge is -2.27. The van der Waals surface area contributed by atoms with Crippen LogP contribution in [0.3, 0.4) is 0 Å². The second-order valence-electron chi connectivity index (χ2n) is 20.0. The number of nitrogens with zero attached hydrogens (tertiary/aromatic N) is 4. The number of pyridine rings is 1. The molecule has 0 radical (unpaired) electrons. The number of hydrogen-bond donors (Lipinski definition) is 0. The van der Waals surface area contributed by atoms with Crippen molar-refractivity contribution in [2.45, 2.75) is 105 Å². The Morgan fingerprint density at radius 1 is 0.456 bits per heavy atom. The Hall–Kier alpha value is -5.55. The summed E-state index contributed by atoms with van der Waals surface area (Å²) in [4.78, 5) is 9.82. The van der Waals surface area contributed by atoms with Crippen molar-refractivity contribution in [3.8, 4) is 17.3 Å². The second-order valence-corrected chi connectivity index (χ2v) is 20.0. The van der Waals surface area contributed by atoms with Gasteiger partial charge in [0.25, 0.3) is 0 Å². The highest BCUT2D eigenvalue weighted by Gasteiger charge is 2.30. The van der Waals surface area contributed by atoms with E-state index in [2.05, 4.69) is 213 Å². The third-order valence-electron chi connectivity index (χ3n) is 11.5. The molecule has 5 heteroatoms. The van der Waals surface area contributed by atoms with Gasteiger partial charge < -0.3 is 14.5 Å². The van der Waals surface area contributed by atoms with Gasteiger partial charge in [0.15, 0.2) is 0 Å². The number of benzene rings is 5. The molecule has 0 bridgehead atoms. The molecule has 1 aliphatic heterocycles. The summed E-state index contributed by atoms with van der Waals surface area (Å²) in [6, 6.07) is 42.2. The van der Waals surface area contributed by atoms with E-state index in [1.165, 1.54) is 50.1 Å². The molecule has 5 aromatic carbocycles. The molecule has 3 heterocycles. The zero-order valence-electron chi connectivity index (χ0n) is 36.0. The van der Waals surface area contributed by atoms with Gasteiger partial charge in [-0.05, 0) is 111 Å². The predicted molar refractivity (Wildman–Crippen MR) is 242 cm³/mol. The van der Waals surface area contributed by atoms with E-state index < -0.39 is 0 Å². The zero-order valence-corrected chi connectivity index (χ0v) is 36.0. The van der Waals surface area contributed by atoms with E-state index in [1.807, 2.05) is 6.20 Å². The average molecular weight is 755 g/mol. The lowest BCUT2D eigenvalue weighted by Crippen LogP contribution is -2.25. The normalized spacial score (nSPS) is 13.8. The largest absolute Gasteiger partial charge is 0.457 e. The van der Waals surface area contributed by atoms with Crippen LogP contribution in [0.25, 0.3) is 27.6 Å². The molecule has 57 heavy (non-hydrogen) atoms. The smallest absolute Gasteiger partial charge is 0.137 e. The van der Waals surface area contributed by atoms with Crippen LogP contribution >= 0.6 is 0 Å². The summed E-state index contributed by atoms with van der Waals surface area (Å²) in [5.41, 5.74) is 11.9. The molecule has 0 amide bonds. The number of aromatic nitrogens is 2. The van der Waals surface area contributed by atoms with Crippen LogP contribution < -0.4 is 14.5 Å². The number of rotatable bonds is 5. The van der Waals surface area contributed by atoms with Crippen molar-refractivity contribution in [2.24, 2.45) is 0 Å². The highest BCUT2D eigenvalue weighted by molar-refractivity contribution is 6.09. The monoisotopic (exact) mass is 754 g/mol. The van der Waals surface area contributed by atoms with Gasteiger partial charge in [-0.1, -0.05) is 119 Å². The van der Waals surface area contributed by atoms with Crippen molar-refractivity contribution < 1.29 is 4.74 Å². The summed E-state index contributed by atoms with van der Waals surface area (Å²) in [6.45, 7) is 27.9. The van der Waals surface area contributed by atoms with Crippen LogP contribution in [0.2, 0.25) is 0 Å². The third-order valence-corrected chi connectivity index (χ3v) is 11.5. The van der Waals surface area contributed by atoms with Gasteiger partial charge in [-0.25, -0.2) is 4.98 Å². The maximum Gasteiger partial charge on any atom is 0.137 e. The van der Waals surface area contributed by atoms with E-state index in [0.717, 1.165) is 34.0 Å². The van der Waals surface area contributed by atoms with Crippen LogP contribution in [-0.4, -0.2) is 16.2 Å². The van der Waals surface area contributed by atoms with Gasteiger partial charge in [-0.2, -0.15) is 0 Å². The van der Waals surface area contributed by atoms with Crippen LogP contribution in [0.4, 0.5) is 22.7 Å². The summed E-state index contributed by atoms with van der Waals surface area (Å²) in [6.07, 6.45) is 1.94. The molecule has 8 rings (SSSR count). The number of ether oxygens (including phenoxy) is 1. The van der Waals surface area contributed by atoms with Crippen LogP contribution in [0.1, 0.15) is 105 Å². The molecule has 0 spiro atoms. The molecule has 0 aliphatic carbocycles. The number of anilines is 4. The van der Waals surface area contributed by atoms with E-state index in [4.69, 9.17) is 9.72 Å². The molecular formula is C52H58N4O. The molecule has 5 nitrogen and oxygen atoms in total. The Bertz CT molecular complexity index is 2640. The van der Waals surface area contributed by atoms with Gasteiger partial charge in [-0.15, -0.1) is 0 Å². The number of para-hydroxylation sites is 2. The van der Waals surface area contributed by atoms with E-state index in [-0.39, 0.29) is 21.7 Å². The van der Waals surface area contributed by atoms with Gasteiger partial charge in [0.2, 0.25) is 0 Å². The van der Waals surface area contributed by atoms with Gasteiger partial charge in [0, 0.05) is 40.5 Å². The standard InChI is InChI=1S/C52H58N4O/c1-49(2,3)34-16-15-17-38(26-34)54-33-55(45-19-14-13-18-44(45)54)39-27-37(52(10,11)12)28-41(31-39)57-40-21-23-43-42-22-20-35(50(4,5)6)29-46(42)56(47(43)32-40)48-30-36(24-25-53-48)51(7,8)9/h13-32H,33H2,1-12H3. The first-order chi connectivity index (χ1) is 26.8. The molecule has 1 aliphatic rings. The summed E-state index contributed by atoms with van der Waals surface area (Å²) in [7, 11) is 0. The third kappa shape index (κ3) is 7.29. The quantitative estimate of drug-likeness (QED) is 0.175. The summed E-state index contributed by atoms with van der Waals surface area (Å²) >= 11 is 0. The summed E-state index contributed by atoms with van der Waals surface area (Å²) in [5, 5.41) is 2.38. The number of hydrogen-bond acceptors (Lipinski definition) is 4. The molecular weight excluding hydrogens is 697 g/mol. The average Bonchev–Trinajstić information content (AvgIpc) is 3.69. The van der Waals surface area contributed by atoms with Crippen molar-refractivity contribution in [1.29, 1.82) is 0 Å². The number of fused-ring (bicyclic) bond motifs is 4. The second kappa shape index (κ2) is 13.5. The highest BCUT2D eigenvalue weighted by Crippen LogP contribution is 2.47. The topological polar surface area (TPSA) is 33.5 Å². The molecule has 0 N–H and O–H groups in total. The Kier molecular flexibility index (Phi) is 9.11. The first-order valence-electron chi connectivity index (χ1n) is 20.4. The van der Waals surface area contributed by atoms with Crippen LogP contribution in [0.5, 0.6) is 11.5 Å². The fourth-order valence-electron chi connectivity index (χ4n) is 7.95. The van der Waals surface area contributed by atoms with Crippen molar-refractivity contribution in [3.05, 3.63) is 144 Å². The first kappa shape index (κ1) is 38.3. The molecule has 0 saturated carbocycles. The fourth-order valence-corrected chi connectivity index (χ4v) is 7.95. The van der Waals surface area contributed by atoms with Crippen molar-refractivity contribution in [1.82, 2.24) is 9.55 Å². The molecule has 0 atom stereocenters. The Labute approximate surface area is 339 Å². The van der Waals surface area contributed by atoms with Gasteiger partial charge >= 0.3 is 0 Å². The predicted octanol–water partition coefficient (Wildman–Crippen LogP) is 14.4. The first-order valence-corrected chi connectivity index (χ1v) is 20.4. The van der Waals surface area contributed by atoms with Crippen LogP contribution in [-0.2, 0) is 21.7 Å². The lowest BCUT2D eigenvalue weighted by atomic mass is 9.86. The lowest BCUT2D eigenvalue weighted by molar-refractivity contribution is 0.479. The molecule has 0 saturated heterocycles. The minimum Gasteiger partial charge on any atom is -0.457 e. The van der Waals surface area contributed by atoms with E-state index in [0.29, 0.717) is 6.67 Å². The van der Waals surface area contributed by atoms with Crippen LogP contribution in [0, 0.1) is 0 Å². The van der Waals surface area contributed by atoms with Crippen molar-refractivity contribution >= 4 is 44.6 Å². The minimum atomic E-state index is -0.0982. The molecule has 7 aromatic rings. The molecule has 0 unspecified atom stereocenters. The van der Waals surface area contributed by atoms with E-state index in [9.17, 15) is 0 Å². The fraction of sp³-hybridized carbons (Fsp3) is 0.327. The van der Waals surface area contributed by atoms with E-state index >= 15 is 0 Å². The van der Waals surface area contributed by atoms with Gasteiger partial charge in [-0.3, -0.25) is 4.57 Å². The van der Waals surface area contributed by atoms with Gasteiger partial charge in [0.05, 0.1) is 22.4 Å². The van der Waals surface area contributed by atoms with Crippen LogP contribution in [0.15, 0.2) is 121 Å². The minimum absolute atomic E-state index is 0.00353. The van der Waals surface area contributed by atoms with Gasteiger partial charge in [0.1, 0.15) is 24.0 Å². The van der Waals surface area contributed by atoms with E-state index in [1.54, 1.807) is 0 Å². The Morgan fingerprint density at radius 3 is 1.67 bits per heavy atom. The maximum atomic E-state index is 6.94. The Balaban J connectivity index is 1.24. The Morgan fingerprint density at radius 2 is 1.02 bits per heavy atom. The zero-order chi connectivity index (χ0) is 40.7. The molecule has 2 aromatic heterocycles. The highest BCUT2D eigenvalue weighted by atomic mass is 16.5. The summed E-state index contributed by atoms with van der Waals surface area (Å²) in [5.74, 6) is 2.51. The van der Waals surface area contributed by atoms with Crippen molar-refractivity contribution in [3.63, 3.8) is 0 Å². The SMILES string of the molecule is CC(C)(C)c1cccc(N2CN(c3cc(Oc4ccc5c6ccc(C(C)(C)C)cc6n(-c6cc(C(C)(C)C)ccn6)c5c4)cc(C(C)(C)C)c3)c3ccccc32)c1.